The molecule has 1 amide bonds. The van der Waals surface area contributed by atoms with E-state index in [0.29, 0.717) is 29.5 Å². The van der Waals surface area contributed by atoms with Crippen molar-refractivity contribution in [3.8, 4) is 23.0 Å². The summed E-state index contributed by atoms with van der Waals surface area (Å²) in [7, 11) is 4.59. The maximum Gasteiger partial charge on any atom is 0.227 e. The van der Waals surface area contributed by atoms with Crippen LogP contribution in [0.4, 0.5) is 5.69 Å². The van der Waals surface area contributed by atoms with E-state index in [4.69, 9.17) is 18.9 Å². The zero-order valence-electron chi connectivity index (χ0n) is 15.8. The van der Waals surface area contributed by atoms with Crippen molar-refractivity contribution in [2.24, 2.45) is 0 Å². The molecule has 6 heteroatoms. The van der Waals surface area contributed by atoms with E-state index in [0.717, 1.165) is 11.3 Å². The predicted molar refractivity (Wildman–Crippen MR) is 101 cm³/mol. The number of hydrogen-bond acceptors (Lipinski definition) is 5. The van der Waals surface area contributed by atoms with Gasteiger partial charge in [0, 0.05) is 17.8 Å². The lowest BCUT2D eigenvalue weighted by atomic mass is 10.1. The highest BCUT2D eigenvalue weighted by atomic mass is 16.5. The van der Waals surface area contributed by atoms with Crippen molar-refractivity contribution >= 4 is 11.6 Å². The van der Waals surface area contributed by atoms with Gasteiger partial charge in [0.2, 0.25) is 11.7 Å². The first-order valence-corrected chi connectivity index (χ1v) is 8.28. The molecule has 26 heavy (non-hydrogen) atoms. The molecular weight excluding hydrogens is 334 g/mol. The van der Waals surface area contributed by atoms with E-state index >= 15 is 0 Å². The van der Waals surface area contributed by atoms with Gasteiger partial charge in [-0.3, -0.25) is 4.79 Å². The molecule has 0 bridgehead atoms. The number of benzene rings is 2. The number of methoxy groups -OCH3 is 3. The second-order valence-corrected chi connectivity index (χ2v) is 5.81. The quantitative estimate of drug-likeness (QED) is 0.778. The number of aryl methyl sites for hydroxylation is 2. The molecule has 0 saturated carbocycles. The van der Waals surface area contributed by atoms with Gasteiger partial charge < -0.3 is 24.3 Å². The summed E-state index contributed by atoms with van der Waals surface area (Å²) in [6.07, 6.45) is 0.226. The third kappa shape index (κ3) is 4.81. The first-order valence-electron chi connectivity index (χ1n) is 8.28. The van der Waals surface area contributed by atoms with Crippen molar-refractivity contribution in [3.05, 3.63) is 41.5 Å². The third-order valence-corrected chi connectivity index (χ3v) is 4.02. The smallest absolute Gasteiger partial charge is 0.227 e. The maximum atomic E-state index is 12.2. The zero-order chi connectivity index (χ0) is 19.1. The van der Waals surface area contributed by atoms with Crippen LogP contribution in [0.25, 0.3) is 0 Å². The normalized spacial score (nSPS) is 10.2. The van der Waals surface area contributed by atoms with Gasteiger partial charge >= 0.3 is 0 Å². The fourth-order valence-electron chi connectivity index (χ4n) is 2.44. The largest absolute Gasteiger partial charge is 0.493 e. The van der Waals surface area contributed by atoms with Crippen molar-refractivity contribution < 1.29 is 23.7 Å². The molecule has 0 aromatic heterocycles. The number of carbonyl (C=O) groups is 1. The van der Waals surface area contributed by atoms with Gasteiger partial charge in [-0.2, -0.15) is 0 Å². The highest BCUT2D eigenvalue weighted by Gasteiger charge is 2.14. The predicted octanol–water partition coefficient (Wildman–Crippen LogP) is 3.74. The van der Waals surface area contributed by atoms with Gasteiger partial charge in [0.25, 0.3) is 0 Å². The fraction of sp³-hybridized carbons (Fsp3) is 0.350. The van der Waals surface area contributed by atoms with Gasteiger partial charge in [-0.25, -0.2) is 0 Å². The van der Waals surface area contributed by atoms with Crippen LogP contribution in [0.2, 0.25) is 0 Å². The van der Waals surface area contributed by atoms with Crippen LogP contribution < -0.4 is 24.3 Å². The van der Waals surface area contributed by atoms with E-state index < -0.39 is 0 Å². The maximum absolute atomic E-state index is 12.2. The highest BCUT2D eigenvalue weighted by molar-refractivity contribution is 5.91. The number of rotatable bonds is 8. The summed E-state index contributed by atoms with van der Waals surface area (Å²) in [5, 5.41) is 2.81. The van der Waals surface area contributed by atoms with E-state index in [1.54, 1.807) is 12.1 Å². The Labute approximate surface area is 154 Å². The van der Waals surface area contributed by atoms with E-state index in [-0.39, 0.29) is 12.3 Å². The van der Waals surface area contributed by atoms with Crippen LogP contribution in [0.3, 0.4) is 0 Å². The van der Waals surface area contributed by atoms with Gasteiger partial charge in [-0.15, -0.1) is 0 Å². The Kier molecular flexibility index (Phi) is 6.72. The van der Waals surface area contributed by atoms with E-state index in [1.165, 1.54) is 26.9 Å². The summed E-state index contributed by atoms with van der Waals surface area (Å²) in [4.78, 5) is 12.2. The Morgan fingerprint density at radius 3 is 2.12 bits per heavy atom. The van der Waals surface area contributed by atoms with Crippen LogP contribution >= 0.6 is 0 Å². The van der Waals surface area contributed by atoms with Gasteiger partial charge in [0.05, 0.1) is 34.4 Å². The summed E-state index contributed by atoms with van der Waals surface area (Å²) >= 11 is 0. The Bertz CT molecular complexity index is 748. The number of nitrogens with one attached hydrogen (secondary N) is 1. The van der Waals surface area contributed by atoms with Crippen molar-refractivity contribution in [3.63, 3.8) is 0 Å². The molecule has 0 aliphatic carbocycles. The number of carbonyl (C=O) groups excluding carboxylic acids is 1. The Balaban J connectivity index is 1.95. The van der Waals surface area contributed by atoms with Crippen LogP contribution in [0.5, 0.6) is 23.0 Å². The average molecular weight is 359 g/mol. The molecule has 2 rings (SSSR count). The van der Waals surface area contributed by atoms with Crippen LogP contribution in [-0.2, 0) is 4.79 Å². The molecule has 0 aliphatic rings. The summed E-state index contributed by atoms with van der Waals surface area (Å²) in [6.45, 7) is 4.36. The fourth-order valence-corrected chi connectivity index (χ4v) is 2.44. The lowest BCUT2D eigenvalue weighted by Crippen LogP contribution is -2.15. The minimum Gasteiger partial charge on any atom is -0.493 e. The molecular formula is C20H25NO5. The van der Waals surface area contributed by atoms with Crippen molar-refractivity contribution in [1.29, 1.82) is 0 Å². The van der Waals surface area contributed by atoms with E-state index in [1.807, 2.05) is 32.0 Å². The van der Waals surface area contributed by atoms with Crippen LogP contribution in [0.1, 0.15) is 17.5 Å². The average Bonchev–Trinajstić information content (AvgIpc) is 2.63. The Morgan fingerprint density at radius 1 is 0.923 bits per heavy atom. The lowest BCUT2D eigenvalue weighted by Gasteiger charge is -2.14. The lowest BCUT2D eigenvalue weighted by molar-refractivity contribution is -0.116. The van der Waals surface area contributed by atoms with Crippen molar-refractivity contribution in [1.82, 2.24) is 0 Å². The first-order chi connectivity index (χ1) is 12.5. The van der Waals surface area contributed by atoms with Gasteiger partial charge in [0.15, 0.2) is 11.5 Å². The number of hydrogen-bond donors (Lipinski definition) is 1. The molecule has 0 spiro atoms. The molecule has 0 atom stereocenters. The van der Waals surface area contributed by atoms with Crippen LogP contribution in [-0.4, -0.2) is 33.8 Å². The number of anilines is 1. The van der Waals surface area contributed by atoms with Crippen LogP contribution in [0.15, 0.2) is 30.3 Å². The monoisotopic (exact) mass is 359 g/mol. The van der Waals surface area contributed by atoms with Gasteiger partial charge in [-0.05, 0) is 37.1 Å². The minimum absolute atomic E-state index is 0.164. The highest BCUT2D eigenvalue weighted by Crippen LogP contribution is 2.39. The summed E-state index contributed by atoms with van der Waals surface area (Å²) in [6, 6.07) is 9.24. The molecule has 2 aromatic carbocycles. The topological polar surface area (TPSA) is 66.0 Å². The second kappa shape index (κ2) is 8.99. The number of amides is 1. The number of ether oxygens (including phenoxy) is 4. The first kappa shape index (κ1) is 19.4. The molecule has 0 radical (unpaired) electrons. The SMILES string of the molecule is COc1cc(NC(=O)CCOc2ccc(C)c(C)c2)cc(OC)c1OC. The van der Waals surface area contributed by atoms with Crippen molar-refractivity contribution in [2.75, 3.05) is 33.3 Å². The van der Waals surface area contributed by atoms with Gasteiger partial charge in [0.1, 0.15) is 5.75 Å². The Hall–Kier alpha value is -2.89. The van der Waals surface area contributed by atoms with E-state index in [2.05, 4.69) is 5.32 Å². The molecule has 2 aromatic rings. The second-order valence-electron chi connectivity index (χ2n) is 5.81. The summed E-state index contributed by atoms with van der Waals surface area (Å²) < 4.78 is 21.5. The van der Waals surface area contributed by atoms with E-state index in [9.17, 15) is 4.79 Å². The molecule has 0 aliphatic heterocycles. The summed E-state index contributed by atoms with van der Waals surface area (Å²) in [5.74, 6) is 2.03. The molecule has 0 fully saturated rings. The summed E-state index contributed by atoms with van der Waals surface area (Å²) in [5.41, 5.74) is 2.93. The molecule has 0 saturated heterocycles. The van der Waals surface area contributed by atoms with Crippen LogP contribution in [0, 0.1) is 13.8 Å². The minimum atomic E-state index is -0.164. The molecule has 0 unspecified atom stereocenters. The zero-order valence-corrected chi connectivity index (χ0v) is 15.8. The Morgan fingerprint density at radius 2 is 1.58 bits per heavy atom. The molecule has 6 nitrogen and oxygen atoms in total. The van der Waals surface area contributed by atoms with Crippen molar-refractivity contribution in [2.45, 2.75) is 20.3 Å². The third-order valence-electron chi connectivity index (χ3n) is 4.02. The standard InChI is InChI=1S/C20H25NO5/c1-13-6-7-16(10-14(13)2)26-9-8-19(22)21-15-11-17(23-3)20(25-5)18(12-15)24-4/h6-7,10-12H,8-9H2,1-5H3,(H,21,22). The molecule has 0 heterocycles. The molecule has 140 valence electrons. The molecule has 1 N–H and O–H groups in total. The van der Waals surface area contributed by atoms with Gasteiger partial charge in [-0.1, -0.05) is 6.07 Å².